The Morgan fingerprint density at radius 2 is 2.12 bits per heavy atom. The number of rotatable bonds is 4. The number of nitrogens with two attached hydrogens (primary N) is 1. The van der Waals surface area contributed by atoms with Crippen LogP contribution in [0.1, 0.15) is 13.3 Å². The Morgan fingerprint density at radius 1 is 1.38 bits per heavy atom. The molecule has 1 heteroatoms. The van der Waals surface area contributed by atoms with Crippen LogP contribution in [0.2, 0.25) is 0 Å². The fourth-order valence-electron chi connectivity index (χ4n) is 1.79. The lowest BCUT2D eigenvalue weighted by Crippen LogP contribution is -2.11. The van der Waals surface area contributed by atoms with Crippen molar-refractivity contribution in [1.29, 1.82) is 0 Å². The van der Waals surface area contributed by atoms with Crippen LogP contribution in [0, 0.1) is 5.92 Å². The van der Waals surface area contributed by atoms with Crippen molar-refractivity contribution in [3.05, 3.63) is 72.5 Å². The second-order valence-electron chi connectivity index (χ2n) is 3.92. The molecule has 1 nitrogen and oxygen atoms in total. The van der Waals surface area contributed by atoms with Gasteiger partial charge in [-0.15, -0.1) is 0 Å². The molecule has 0 fully saturated rings. The van der Waals surface area contributed by atoms with Crippen molar-refractivity contribution in [2.45, 2.75) is 13.3 Å². The Bertz CT molecular complexity index is 392. The summed E-state index contributed by atoms with van der Waals surface area (Å²) in [5.41, 5.74) is 9.18. The summed E-state index contributed by atoms with van der Waals surface area (Å²) >= 11 is 0. The summed E-state index contributed by atoms with van der Waals surface area (Å²) in [5.74, 6) is 0.450. The molecular weight excluding hydrogens is 194 g/mol. The summed E-state index contributed by atoms with van der Waals surface area (Å²) in [6, 6.07) is 0. The molecule has 0 unspecified atom stereocenters. The van der Waals surface area contributed by atoms with E-state index in [0.29, 0.717) is 5.92 Å². The van der Waals surface area contributed by atoms with Gasteiger partial charge in [0.2, 0.25) is 0 Å². The van der Waals surface area contributed by atoms with Gasteiger partial charge in [-0.05, 0) is 29.6 Å². The van der Waals surface area contributed by atoms with Crippen LogP contribution < -0.4 is 5.73 Å². The van der Waals surface area contributed by atoms with E-state index in [1.165, 1.54) is 5.57 Å². The minimum atomic E-state index is 0.450. The van der Waals surface area contributed by atoms with Crippen molar-refractivity contribution in [2.24, 2.45) is 11.7 Å². The van der Waals surface area contributed by atoms with Crippen LogP contribution in [-0.2, 0) is 0 Å². The van der Waals surface area contributed by atoms with E-state index in [1.807, 2.05) is 30.4 Å². The zero-order chi connectivity index (χ0) is 12.0. The molecule has 0 aromatic carbocycles. The Balaban J connectivity index is 2.96. The molecule has 1 aliphatic carbocycles. The molecule has 16 heavy (non-hydrogen) atoms. The van der Waals surface area contributed by atoms with Gasteiger partial charge in [0.25, 0.3) is 0 Å². The molecule has 0 bridgehead atoms. The van der Waals surface area contributed by atoms with E-state index in [0.717, 1.165) is 17.7 Å². The zero-order valence-corrected chi connectivity index (χ0v) is 9.82. The van der Waals surface area contributed by atoms with E-state index >= 15 is 0 Å². The van der Waals surface area contributed by atoms with Crippen LogP contribution in [-0.4, -0.2) is 0 Å². The largest absolute Gasteiger partial charge is 0.402 e. The lowest BCUT2D eigenvalue weighted by atomic mass is 9.86. The van der Waals surface area contributed by atoms with Crippen LogP contribution >= 0.6 is 0 Å². The first-order valence-corrected chi connectivity index (χ1v) is 5.47. The van der Waals surface area contributed by atoms with E-state index < -0.39 is 0 Å². The summed E-state index contributed by atoms with van der Waals surface area (Å²) in [5, 5.41) is 0. The Morgan fingerprint density at radius 3 is 2.69 bits per heavy atom. The van der Waals surface area contributed by atoms with Crippen LogP contribution in [0.15, 0.2) is 72.5 Å². The third-order valence-corrected chi connectivity index (χ3v) is 2.63. The maximum Gasteiger partial charge on any atom is 0.00865 e. The maximum absolute atomic E-state index is 5.79. The lowest BCUT2D eigenvalue weighted by Gasteiger charge is -2.20. The molecule has 0 aliphatic heterocycles. The molecule has 0 spiro atoms. The average molecular weight is 213 g/mol. The van der Waals surface area contributed by atoms with Gasteiger partial charge in [0.15, 0.2) is 0 Å². The Kier molecular flexibility index (Phi) is 4.59. The van der Waals surface area contributed by atoms with Gasteiger partial charge in [-0.3, -0.25) is 0 Å². The predicted molar refractivity (Wildman–Crippen MR) is 71.8 cm³/mol. The molecule has 0 radical (unpaired) electrons. The average Bonchev–Trinajstić information content (AvgIpc) is 2.26. The van der Waals surface area contributed by atoms with Crippen molar-refractivity contribution in [3.63, 3.8) is 0 Å². The second kappa shape index (κ2) is 5.96. The summed E-state index contributed by atoms with van der Waals surface area (Å²) in [4.78, 5) is 0. The van der Waals surface area contributed by atoms with E-state index in [2.05, 4.69) is 26.2 Å². The molecular formula is C15H19N. The number of hydrogen-bond donors (Lipinski definition) is 1. The molecule has 0 aromatic rings. The molecule has 1 rings (SSSR count). The van der Waals surface area contributed by atoms with Gasteiger partial charge >= 0.3 is 0 Å². The van der Waals surface area contributed by atoms with E-state index in [-0.39, 0.29) is 0 Å². The maximum atomic E-state index is 5.79. The van der Waals surface area contributed by atoms with E-state index in [1.54, 1.807) is 6.08 Å². The minimum absolute atomic E-state index is 0.450. The van der Waals surface area contributed by atoms with Gasteiger partial charge in [0, 0.05) is 5.70 Å². The van der Waals surface area contributed by atoms with Crippen LogP contribution in [0.5, 0.6) is 0 Å². The molecule has 0 amide bonds. The third-order valence-electron chi connectivity index (χ3n) is 2.63. The topological polar surface area (TPSA) is 26.0 Å². The van der Waals surface area contributed by atoms with Crippen molar-refractivity contribution < 1.29 is 0 Å². The standard InChI is InChI=1S/C15H19N/c1-4-6-7-8-13(5-2)15-10-9-14(16)11-12(15)3/h4-10,12H,1-2,11,16H2,3H3/b7-6-,13-8+/t12-/m0/s1. The first kappa shape index (κ1) is 12.3. The Hall–Kier alpha value is -1.76. The highest BCUT2D eigenvalue weighted by Gasteiger charge is 2.14. The zero-order valence-electron chi connectivity index (χ0n) is 9.82. The van der Waals surface area contributed by atoms with Crippen LogP contribution in [0.4, 0.5) is 0 Å². The molecule has 1 atom stereocenters. The normalized spacial score (nSPS) is 21.6. The molecule has 0 saturated heterocycles. The van der Waals surface area contributed by atoms with Crippen LogP contribution in [0.25, 0.3) is 0 Å². The van der Waals surface area contributed by atoms with Gasteiger partial charge in [-0.2, -0.15) is 0 Å². The van der Waals surface area contributed by atoms with E-state index in [9.17, 15) is 0 Å². The fourth-order valence-corrected chi connectivity index (χ4v) is 1.79. The first-order chi connectivity index (χ1) is 7.69. The monoisotopic (exact) mass is 213 g/mol. The molecule has 0 heterocycles. The minimum Gasteiger partial charge on any atom is -0.402 e. The SMILES string of the molecule is C=C/C=C\C=C(/C=C)C1=CC=C(N)C[C@@H]1C. The van der Waals surface area contributed by atoms with Crippen molar-refractivity contribution in [2.75, 3.05) is 0 Å². The number of allylic oxidation sites excluding steroid dienone is 10. The van der Waals surface area contributed by atoms with Crippen molar-refractivity contribution in [3.8, 4) is 0 Å². The van der Waals surface area contributed by atoms with Gasteiger partial charge in [-0.1, -0.05) is 56.5 Å². The van der Waals surface area contributed by atoms with Gasteiger partial charge < -0.3 is 5.73 Å². The van der Waals surface area contributed by atoms with E-state index in [4.69, 9.17) is 5.73 Å². The summed E-state index contributed by atoms with van der Waals surface area (Å²) in [6.45, 7) is 9.67. The summed E-state index contributed by atoms with van der Waals surface area (Å²) in [7, 11) is 0. The molecule has 84 valence electrons. The Labute approximate surface area is 98.0 Å². The summed E-state index contributed by atoms with van der Waals surface area (Å²) in [6.07, 6.45) is 14.5. The van der Waals surface area contributed by atoms with Gasteiger partial charge in [0.05, 0.1) is 0 Å². The fraction of sp³-hybridized carbons (Fsp3) is 0.200. The van der Waals surface area contributed by atoms with Crippen molar-refractivity contribution in [1.82, 2.24) is 0 Å². The molecule has 1 aliphatic rings. The highest BCUT2D eigenvalue weighted by atomic mass is 14.6. The predicted octanol–water partition coefficient (Wildman–Crippen LogP) is 3.65. The smallest absolute Gasteiger partial charge is 0.00865 e. The molecule has 0 saturated carbocycles. The third kappa shape index (κ3) is 3.13. The van der Waals surface area contributed by atoms with Gasteiger partial charge in [-0.25, -0.2) is 0 Å². The van der Waals surface area contributed by atoms with Gasteiger partial charge in [0.1, 0.15) is 0 Å². The highest BCUT2D eigenvalue weighted by molar-refractivity contribution is 5.46. The summed E-state index contributed by atoms with van der Waals surface area (Å²) < 4.78 is 0. The first-order valence-electron chi connectivity index (χ1n) is 5.47. The lowest BCUT2D eigenvalue weighted by molar-refractivity contribution is 0.667. The number of hydrogen-bond acceptors (Lipinski definition) is 1. The highest BCUT2D eigenvalue weighted by Crippen LogP contribution is 2.28. The van der Waals surface area contributed by atoms with Crippen molar-refractivity contribution >= 4 is 0 Å². The quantitative estimate of drug-likeness (QED) is 0.709. The van der Waals surface area contributed by atoms with Crippen LogP contribution in [0.3, 0.4) is 0 Å². The molecule has 0 aromatic heterocycles. The molecule has 2 N–H and O–H groups in total. The second-order valence-corrected chi connectivity index (χ2v) is 3.92.